The van der Waals surface area contributed by atoms with Gasteiger partial charge >= 0.3 is 0 Å². The maximum absolute atomic E-state index is 12.8. The van der Waals surface area contributed by atoms with Crippen LogP contribution in [0.25, 0.3) is 4.96 Å². The van der Waals surface area contributed by atoms with E-state index in [-0.39, 0.29) is 19.0 Å². The van der Waals surface area contributed by atoms with Crippen molar-refractivity contribution in [2.24, 2.45) is 0 Å². The second kappa shape index (κ2) is 7.33. The van der Waals surface area contributed by atoms with E-state index < -0.39 is 11.5 Å². The van der Waals surface area contributed by atoms with Gasteiger partial charge in [-0.05, 0) is 17.7 Å². The molecule has 11 heteroatoms. The summed E-state index contributed by atoms with van der Waals surface area (Å²) < 4.78 is 17.4. The minimum Gasteiger partial charge on any atom is -0.454 e. The first-order valence-corrected chi connectivity index (χ1v) is 9.89. The molecule has 10 nitrogen and oxygen atoms in total. The van der Waals surface area contributed by atoms with Crippen LogP contribution in [-0.2, 0) is 11.3 Å². The Morgan fingerprint density at radius 2 is 2.00 bits per heavy atom. The van der Waals surface area contributed by atoms with Gasteiger partial charge in [0.2, 0.25) is 16.9 Å². The molecule has 1 aromatic carbocycles. The predicted molar refractivity (Wildman–Crippen MR) is 104 cm³/mol. The van der Waals surface area contributed by atoms with Gasteiger partial charge in [0.1, 0.15) is 5.69 Å². The molecule has 0 unspecified atom stereocenters. The monoisotopic (exact) mass is 415 g/mol. The summed E-state index contributed by atoms with van der Waals surface area (Å²) in [4.78, 5) is 31.2. The number of benzene rings is 1. The summed E-state index contributed by atoms with van der Waals surface area (Å²) in [6, 6.07) is 6.66. The lowest BCUT2D eigenvalue weighted by molar-refractivity contribution is 0.0943. The third-order valence-corrected chi connectivity index (χ3v) is 5.62. The average Bonchev–Trinajstić information content (AvgIpc) is 3.38. The molecule has 0 atom stereocenters. The van der Waals surface area contributed by atoms with E-state index >= 15 is 0 Å². The van der Waals surface area contributed by atoms with Crippen LogP contribution in [0.15, 0.2) is 29.1 Å². The summed E-state index contributed by atoms with van der Waals surface area (Å²) in [6.07, 6.45) is 0. The van der Waals surface area contributed by atoms with Crippen LogP contribution >= 0.6 is 11.3 Å². The molecule has 3 aromatic rings. The highest BCUT2D eigenvalue weighted by Gasteiger charge is 2.20. The van der Waals surface area contributed by atoms with Gasteiger partial charge in [0, 0.05) is 25.7 Å². The van der Waals surface area contributed by atoms with Crippen LogP contribution in [0.3, 0.4) is 0 Å². The van der Waals surface area contributed by atoms with Crippen molar-refractivity contribution >= 4 is 27.3 Å². The van der Waals surface area contributed by atoms with Gasteiger partial charge < -0.3 is 24.4 Å². The number of fused-ring (bicyclic) bond motifs is 2. The Morgan fingerprint density at radius 3 is 2.86 bits per heavy atom. The minimum absolute atomic E-state index is 0.150. The van der Waals surface area contributed by atoms with Crippen molar-refractivity contribution in [3.8, 4) is 11.5 Å². The molecule has 1 fully saturated rings. The minimum atomic E-state index is -0.476. The third-order valence-electron chi connectivity index (χ3n) is 4.65. The molecular formula is C18H17N5O5S. The van der Waals surface area contributed by atoms with E-state index in [4.69, 9.17) is 14.2 Å². The molecule has 29 heavy (non-hydrogen) atoms. The molecule has 2 aliphatic rings. The van der Waals surface area contributed by atoms with Crippen LogP contribution < -0.4 is 25.2 Å². The van der Waals surface area contributed by atoms with Crippen molar-refractivity contribution in [1.29, 1.82) is 0 Å². The topological polar surface area (TPSA) is 107 Å². The lowest BCUT2D eigenvalue weighted by Crippen LogP contribution is -2.36. The number of rotatable bonds is 4. The predicted octanol–water partition coefficient (Wildman–Crippen LogP) is 0.646. The van der Waals surface area contributed by atoms with Crippen molar-refractivity contribution in [3.05, 3.63) is 45.9 Å². The van der Waals surface area contributed by atoms with Gasteiger partial charge in [-0.15, -0.1) is 5.10 Å². The standard InChI is InChI=1S/C18H17N5O5S/c24-15-8-12(16(25)19-9-11-1-2-13-14(7-11)28-10-27-13)23-17(20-15)29-18(21-23)22-3-5-26-6-4-22/h1-2,7-8H,3-6,9-10H2,(H,19,25). The molecule has 4 heterocycles. The highest BCUT2D eigenvalue weighted by Crippen LogP contribution is 2.32. The van der Waals surface area contributed by atoms with E-state index in [1.54, 1.807) is 6.07 Å². The van der Waals surface area contributed by atoms with E-state index in [0.29, 0.717) is 47.9 Å². The molecule has 0 aliphatic carbocycles. The van der Waals surface area contributed by atoms with Crippen molar-refractivity contribution < 1.29 is 19.0 Å². The fourth-order valence-corrected chi connectivity index (χ4v) is 4.13. The number of hydrogen-bond acceptors (Lipinski definition) is 9. The Morgan fingerprint density at radius 1 is 1.17 bits per heavy atom. The maximum Gasteiger partial charge on any atom is 0.274 e. The van der Waals surface area contributed by atoms with Gasteiger partial charge in [-0.25, -0.2) is 0 Å². The molecule has 1 N–H and O–H groups in total. The van der Waals surface area contributed by atoms with E-state index in [9.17, 15) is 9.59 Å². The first kappa shape index (κ1) is 17.9. The van der Waals surface area contributed by atoms with Gasteiger partial charge in [0.05, 0.1) is 13.2 Å². The molecule has 150 valence electrons. The molecule has 2 aliphatic heterocycles. The molecule has 0 bridgehead atoms. The van der Waals surface area contributed by atoms with Crippen LogP contribution in [0.1, 0.15) is 16.1 Å². The Hall–Kier alpha value is -3.18. The number of anilines is 1. The van der Waals surface area contributed by atoms with E-state index in [1.807, 2.05) is 12.1 Å². The summed E-state index contributed by atoms with van der Waals surface area (Å²) >= 11 is 1.28. The zero-order chi connectivity index (χ0) is 19.8. The zero-order valence-electron chi connectivity index (χ0n) is 15.3. The number of morpholine rings is 1. The van der Waals surface area contributed by atoms with Gasteiger partial charge in [-0.2, -0.15) is 9.50 Å². The van der Waals surface area contributed by atoms with Crippen molar-refractivity contribution in [2.45, 2.75) is 6.54 Å². The smallest absolute Gasteiger partial charge is 0.274 e. The number of amides is 1. The van der Waals surface area contributed by atoms with Crippen molar-refractivity contribution in [3.63, 3.8) is 0 Å². The summed E-state index contributed by atoms with van der Waals surface area (Å²) in [6.45, 7) is 3.10. The fraction of sp³-hybridized carbons (Fsp3) is 0.333. The van der Waals surface area contributed by atoms with Crippen LogP contribution in [0.5, 0.6) is 11.5 Å². The summed E-state index contributed by atoms with van der Waals surface area (Å²) in [7, 11) is 0. The van der Waals surface area contributed by atoms with Crippen molar-refractivity contribution in [2.75, 3.05) is 38.0 Å². The van der Waals surface area contributed by atoms with Crippen molar-refractivity contribution in [1.82, 2.24) is 19.9 Å². The Bertz CT molecular complexity index is 1140. The molecule has 0 spiro atoms. The lowest BCUT2D eigenvalue weighted by Gasteiger charge is -2.25. The number of aromatic nitrogens is 3. The highest BCUT2D eigenvalue weighted by molar-refractivity contribution is 7.20. The second-order valence-corrected chi connectivity index (χ2v) is 7.46. The summed E-state index contributed by atoms with van der Waals surface area (Å²) in [5, 5.41) is 8.04. The fourth-order valence-electron chi connectivity index (χ4n) is 3.17. The number of nitrogens with one attached hydrogen (secondary N) is 1. The third kappa shape index (κ3) is 3.49. The largest absolute Gasteiger partial charge is 0.454 e. The highest BCUT2D eigenvalue weighted by atomic mass is 32.1. The van der Waals surface area contributed by atoms with Crippen LogP contribution in [0.2, 0.25) is 0 Å². The molecule has 2 aromatic heterocycles. The molecular weight excluding hydrogens is 398 g/mol. The Balaban J connectivity index is 1.39. The quantitative estimate of drug-likeness (QED) is 0.662. The molecule has 1 amide bonds. The molecule has 0 saturated carbocycles. The second-order valence-electron chi connectivity index (χ2n) is 6.53. The van der Waals surface area contributed by atoms with Crippen LogP contribution in [-0.4, -0.2) is 53.6 Å². The SMILES string of the molecule is O=C(NCc1ccc2c(c1)OCO2)c1cc(=O)nc2sc(N3CCOCC3)nn12. The van der Waals surface area contributed by atoms with Gasteiger partial charge in [0.15, 0.2) is 11.5 Å². The first-order valence-electron chi connectivity index (χ1n) is 9.08. The van der Waals surface area contributed by atoms with Crippen LogP contribution in [0.4, 0.5) is 5.13 Å². The van der Waals surface area contributed by atoms with E-state index in [2.05, 4.69) is 20.3 Å². The number of carbonyl (C=O) groups excluding carboxylic acids is 1. The van der Waals surface area contributed by atoms with Crippen LogP contribution in [0, 0.1) is 0 Å². The Kier molecular flexibility index (Phi) is 4.52. The van der Waals surface area contributed by atoms with E-state index in [1.165, 1.54) is 21.9 Å². The number of nitrogens with zero attached hydrogens (tertiary/aromatic N) is 4. The first-order chi connectivity index (χ1) is 14.2. The molecule has 1 saturated heterocycles. The summed E-state index contributed by atoms with van der Waals surface area (Å²) in [5.41, 5.74) is 0.527. The van der Waals surface area contributed by atoms with E-state index in [0.717, 1.165) is 5.56 Å². The van der Waals surface area contributed by atoms with Gasteiger partial charge in [0.25, 0.3) is 11.5 Å². The molecule has 0 radical (unpaired) electrons. The van der Waals surface area contributed by atoms with Gasteiger partial charge in [-0.3, -0.25) is 9.59 Å². The number of hydrogen-bond donors (Lipinski definition) is 1. The zero-order valence-corrected chi connectivity index (χ0v) is 16.1. The average molecular weight is 415 g/mol. The number of carbonyl (C=O) groups is 1. The normalized spacial score (nSPS) is 15.7. The maximum atomic E-state index is 12.8. The number of ether oxygens (including phenoxy) is 3. The van der Waals surface area contributed by atoms with Gasteiger partial charge in [-0.1, -0.05) is 17.4 Å². The lowest BCUT2D eigenvalue weighted by atomic mass is 10.2. The summed E-state index contributed by atoms with van der Waals surface area (Å²) in [5.74, 6) is 0.922. The molecule has 5 rings (SSSR count). The Labute approximate surface area is 168 Å².